The van der Waals surface area contributed by atoms with E-state index in [1.165, 1.54) is 0 Å². The predicted molar refractivity (Wildman–Crippen MR) is 48.1 cm³/mol. The maximum atomic E-state index is 10.1. The fourth-order valence-corrected chi connectivity index (χ4v) is 0.858. The second-order valence-corrected chi connectivity index (χ2v) is 2.99. The van der Waals surface area contributed by atoms with Crippen molar-refractivity contribution in [2.75, 3.05) is 0 Å². The molecule has 1 unspecified atom stereocenters. The van der Waals surface area contributed by atoms with Gasteiger partial charge in [0.15, 0.2) is 0 Å². The van der Waals surface area contributed by atoms with Gasteiger partial charge in [-0.1, -0.05) is 13.0 Å². The van der Waals surface area contributed by atoms with Crippen molar-refractivity contribution in [2.45, 2.75) is 33.1 Å². The van der Waals surface area contributed by atoms with Crippen LogP contribution >= 0.6 is 0 Å². The molecule has 1 nitrogen and oxygen atoms in total. The van der Waals surface area contributed by atoms with E-state index in [4.69, 9.17) is 0 Å². The molecule has 0 saturated carbocycles. The SMILES string of the molecule is C=CC(C)CCCC(C)=C=O. The molecule has 0 amide bonds. The van der Waals surface area contributed by atoms with Crippen LogP contribution in [-0.2, 0) is 4.79 Å². The third-order valence-electron chi connectivity index (χ3n) is 1.79. The van der Waals surface area contributed by atoms with Crippen LogP contribution in [-0.4, -0.2) is 5.94 Å². The fourth-order valence-electron chi connectivity index (χ4n) is 0.858. The average molecular weight is 152 g/mol. The molecular formula is C10H16O. The highest BCUT2D eigenvalue weighted by Gasteiger charge is 1.96. The predicted octanol–water partition coefficient (Wildman–Crippen LogP) is 2.76. The van der Waals surface area contributed by atoms with E-state index < -0.39 is 0 Å². The highest BCUT2D eigenvalue weighted by molar-refractivity contribution is 5.50. The number of carbonyl (C=O) groups excluding carboxylic acids is 1. The van der Waals surface area contributed by atoms with Crippen molar-refractivity contribution in [1.29, 1.82) is 0 Å². The molecule has 0 aliphatic rings. The van der Waals surface area contributed by atoms with Crippen molar-refractivity contribution < 1.29 is 4.79 Å². The largest absolute Gasteiger partial charge is 0.234 e. The van der Waals surface area contributed by atoms with Crippen LogP contribution in [0.4, 0.5) is 0 Å². The Bertz CT molecular complexity index is 164. The van der Waals surface area contributed by atoms with Crippen molar-refractivity contribution in [3.05, 3.63) is 18.2 Å². The van der Waals surface area contributed by atoms with Crippen LogP contribution in [0.3, 0.4) is 0 Å². The van der Waals surface area contributed by atoms with E-state index in [0.29, 0.717) is 5.92 Å². The molecule has 0 fully saturated rings. The quantitative estimate of drug-likeness (QED) is 0.437. The lowest BCUT2D eigenvalue weighted by Gasteiger charge is -2.03. The molecule has 0 radical (unpaired) electrons. The van der Waals surface area contributed by atoms with E-state index in [1.807, 2.05) is 18.9 Å². The van der Waals surface area contributed by atoms with Crippen LogP contribution in [0.1, 0.15) is 33.1 Å². The Labute approximate surface area is 68.8 Å². The van der Waals surface area contributed by atoms with E-state index in [9.17, 15) is 4.79 Å². The van der Waals surface area contributed by atoms with E-state index in [0.717, 1.165) is 24.8 Å². The lowest BCUT2D eigenvalue weighted by molar-refractivity contribution is 0.562. The molecule has 0 spiro atoms. The zero-order valence-corrected chi connectivity index (χ0v) is 7.39. The van der Waals surface area contributed by atoms with Crippen molar-refractivity contribution in [3.63, 3.8) is 0 Å². The fraction of sp³-hybridized carbons (Fsp3) is 0.600. The monoisotopic (exact) mass is 152 g/mol. The van der Waals surface area contributed by atoms with Crippen molar-refractivity contribution in [1.82, 2.24) is 0 Å². The Balaban J connectivity index is 3.42. The minimum Gasteiger partial charge on any atom is -0.234 e. The minimum atomic E-state index is 0.564. The minimum absolute atomic E-state index is 0.564. The molecule has 0 bridgehead atoms. The smallest absolute Gasteiger partial charge is 0.123 e. The lowest BCUT2D eigenvalue weighted by atomic mass is 10.0. The Morgan fingerprint density at radius 2 is 2.36 bits per heavy atom. The summed E-state index contributed by atoms with van der Waals surface area (Å²) < 4.78 is 0. The van der Waals surface area contributed by atoms with Gasteiger partial charge in [0.05, 0.1) is 0 Å². The summed E-state index contributed by atoms with van der Waals surface area (Å²) in [6.45, 7) is 7.65. The molecule has 62 valence electrons. The van der Waals surface area contributed by atoms with Crippen molar-refractivity contribution in [2.24, 2.45) is 5.92 Å². The first kappa shape index (κ1) is 10.2. The van der Waals surface area contributed by atoms with Crippen LogP contribution in [0.25, 0.3) is 0 Å². The summed E-state index contributed by atoms with van der Waals surface area (Å²) in [4.78, 5) is 10.1. The molecule has 0 aliphatic carbocycles. The third-order valence-corrected chi connectivity index (χ3v) is 1.79. The Hall–Kier alpha value is -0.810. The average Bonchev–Trinajstić information content (AvgIpc) is 2.04. The first-order chi connectivity index (χ1) is 5.20. The van der Waals surface area contributed by atoms with Crippen LogP contribution in [0.15, 0.2) is 18.2 Å². The second-order valence-electron chi connectivity index (χ2n) is 2.99. The summed E-state index contributed by atoms with van der Waals surface area (Å²) in [7, 11) is 0. The molecule has 0 aromatic heterocycles. The molecule has 1 heteroatoms. The van der Waals surface area contributed by atoms with Gasteiger partial charge in [0.2, 0.25) is 0 Å². The van der Waals surface area contributed by atoms with Gasteiger partial charge in [-0.05, 0) is 32.1 Å². The second kappa shape index (κ2) is 5.94. The summed E-state index contributed by atoms with van der Waals surface area (Å²) >= 11 is 0. The first-order valence-electron chi connectivity index (χ1n) is 4.03. The Morgan fingerprint density at radius 3 is 2.82 bits per heavy atom. The molecule has 0 aliphatic heterocycles. The summed E-state index contributed by atoms with van der Waals surface area (Å²) in [5.74, 6) is 2.46. The molecule has 1 atom stereocenters. The number of rotatable bonds is 5. The van der Waals surface area contributed by atoms with Crippen LogP contribution in [0.2, 0.25) is 0 Å². The van der Waals surface area contributed by atoms with Crippen molar-refractivity contribution >= 4 is 5.94 Å². The van der Waals surface area contributed by atoms with Gasteiger partial charge < -0.3 is 0 Å². The number of allylic oxidation sites excluding steroid dienone is 2. The van der Waals surface area contributed by atoms with Gasteiger partial charge in [0.25, 0.3) is 0 Å². The summed E-state index contributed by atoms with van der Waals surface area (Å²) in [6.07, 6.45) is 5.00. The molecule has 0 rings (SSSR count). The van der Waals surface area contributed by atoms with Crippen molar-refractivity contribution in [3.8, 4) is 0 Å². The first-order valence-corrected chi connectivity index (χ1v) is 4.03. The van der Waals surface area contributed by atoms with Gasteiger partial charge in [-0.25, -0.2) is 4.79 Å². The van der Waals surface area contributed by atoms with Crippen LogP contribution < -0.4 is 0 Å². The summed E-state index contributed by atoms with van der Waals surface area (Å²) in [5, 5.41) is 0. The number of hydrogen-bond donors (Lipinski definition) is 0. The number of hydrogen-bond acceptors (Lipinski definition) is 1. The molecule has 0 heterocycles. The Morgan fingerprint density at radius 1 is 1.73 bits per heavy atom. The maximum Gasteiger partial charge on any atom is 0.123 e. The topological polar surface area (TPSA) is 17.1 Å². The lowest BCUT2D eigenvalue weighted by Crippen LogP contribution is -1.89. The van der Waals surface area contributed by atoms with Gasteiger partial charge in [-0.3, -0.25) is 0 Å². The van der Waals surface area contributed by atoms with Gasteiger partial charge in [0.1, 0.15) is 5.94 Å². The molecular weight excluding hydrogens is 136 g/mol. The summed E-state index contributed by atoms with van der Waals surface area (Å²) in [5.41, 5.74) is 0.821. The van der Waals surface area contributed by atoms with Crippen LogP contribution in [0.5, 0.6) is 0 Å². The standard InChI is InChI=1S/C10H16O/c1-4-9(2)6-5-7-10(3)8-11/h4,9H,1,5-7H2,2-3H3. The molecule has 0 aromatic rings. The molecule has 0 N–H and O–H groups in total. The molecule has 0 aromatic carbocycles. The molecule has 11 heavy (non-hydrogen) atoms. The van der Waals surface area contributed by atoms with Gasteiger partial charge in [-0.2, -0.15) is 0 Å². The van der Waals surface area contributed by atoms with Crippen LogP contribution in [0, 0.1) is 5.92 Å². The summed E-state index contributed by atoms with van der Waals surface area (Å²) in [6, 6.07) is 0. The van der Waals surface area contributed by atoms with E-state index in [2.05, 4.69) is 13.5 Å². The highest BCUT2D eigenvalue weighted by Crippen LogP contribution is 2.10. The maximum absolute atomic E-state index is 10.1. The van der Waals surface area contributed by atoms with Gasteiger partial charge in [0, 0.05) is 5.57 Å². The zero-order chi connectivity index (χ0) is 8.69. The van der Waals surface area contributed by atoms with Gasteiger partial charge >= 0.3 is 0 Å². The zero-order valence-electron chi connectivity index (χ0n) is 7.39. The highest BCUT2D eigenvalue weighted by atomic mass is 16.1. The normalized spacial score (nSPS) is 11.8. The third kappa shape index (κ3) is 5.63. The van der Waals surface area contributed by atoms with E-state index in [-0.39, 0.29) is 0 Å². The van der Waals surface area contributed by atoms with E-state index in [1.54, 1.807) is 0 Å². The molecule has 0 saturated heterocycles. The van der Waals surface area contributed by atoms with E-state index >= 15 is 0 Å². The van der Waals surface area contributed by atoms with Gasteiger partial charge in [-0.15, -0.1) is 6.58 Å². The Kier molecular flexibility index (Phi) is 5.50.